The van der Waals surface area contributed by atoms with E-state index in [0.29, 0.717) is 12.0 Å². The summed E-state index contributed by atoms with van der Waals surface area (Å²) in [4.78, 5) is 23.3. The maximum atomic E-state index is 12.0. The Bertz CT molecular complexity index is 607. The molecule has 1 heterocycles. The maximum Gasteiger partial charge on any atom is 0.334 e. The lowest BCUT2D eigenvalue weighted by Crippen LogP contribution is -2.32. The third-order valence-electron chi connectivity index (χ3n) is 4.33. The summed E-state index contributed by atoms with van der Waals surface area (Å²) in [6, 6.07) is 9.09. The summed E-state index contributed by atoms with van der Waals surface area (Å²) in [6.07, 6.45) is -1.54. The molecule has 0 aromatic heterocycles. The molecule has 0 amide bonds. The molecule has 1 aliphatic rings. The van der Waals surface area contributed by atoms with Crippen molar-refractivity contribution in [3.8, 4) is 0 Å². The molecule has 1 aromatic carbocycles. The van der Waals surface area contributed by atoms with Crippen LogP contribution in [0.15, 0.2) is 42.5 Å². The number of cyclic esters (lactones) is 1. The van der Waals surface area contributed by atoms with Gasteiger partial charge in [-0.3, -0.25) is 4.79 Å². The molecule has 5 heteroatoms. The molecule has 130 valence electrons. The lowest BCUT2D eigenvalue weighted by atomic mass is 9.84. The van der Waals surface area contributed by atoms with Gasteiger partial charge in [0.15, 0.2) is 0 Å². The molecule has 0 saturated carbocycles. The molecule has 0 bridgehead atoms. The fourth-order valence-corrected chi connectivity index (χ4v) is 2.99. The summed E-state index contributed by atoms with van der Waals surface area (Å²) in [7, 11) is 0. The third kappa shape index (κ3) is 4.03. The highest BCUT2D eigenvalue weighted by atomic mass is 16.6. The first-order valence-corrected chi connectivity index (χ1v) is 8.11. The minimum Gasteiger partial charge on any atom is -0.462 e. The largest absolute Gasteiger partial charge is 0.462 e. The number of aliphatic hydroxyl groups is 1. The van der Waals surface area contributed by atoms with Crippen molar-refractivity contribution in [2.24, 2.45) is 11.8 Å². The molecule has 0 unspecified atom stereocenters. The number of carbonyl (C=O) groups excluding carboxylic acids is 2. The van der Waals surface area contributed by atoms with Crippen LogP contribution in [0.1, 0.15) is 38.9 Å². The molecule has 4 atom stereocenters. The van der Waals surface area contributed by atoms with Gasteiger partial charge in [0, 0.05) is 18.9 Å². The van der Waals surface area contributed by atoms with E-state index in [9.17, 15) is 14.7 Å². The Labute approximate surface area is 142 Å². The molecule has 0 spiro atoms. The van der Waals surface area contributed by atoms with Crippen LogP contribution in [0.3, 0.4) is 0 Å². The molecule has 1 aliphatic heterocycles. The van der Waals surface area contributed by atoms with Gasteiger partial charge in [0.25, 0.3) is 0 Å². The molecule has 1 fully saturated rings. The van der Waals surface area contributed by atoms with E-state index < -0.39 is 30.2 Å². The predicted molar refractivity (Wildman–Crippen MR) is 88.9 cm³/mol. The molecular formula is C19H24O5. The van der Waals surface area contributed by atoms with Gasteiger partial charge < -0.3 is 14.6 Å². The highest BCUT2D eigenvalue weighted by molar-refractivity contribution is 5.91. The Kier molecular flexibility index (Phi) is 5.78. The van der Waals surface area contributed by atoms with Gasteiger partial charge in [-0.15, -0.1) is 0 Å². The van der Waals surface area contributed by atoms with Crippen molar-refractivity contribution in [3.05, 3.63) is 48.0 Å². The van der Waals surface area contributed by atoms with Crippen molar-refractivity contribution in [3.63, 3.8) is 0 Å². The zero-order chi connectivity index (χ0) is 17.9. The lowest BCUT2D eigenvalue weighted by Gasteiger charge is -2.28. The second-order valence-electron chi connectivity index (χ2n) is 6.48. The molecule has 1 N–H and O–H groups in total. The minimum absolute atomic E-state index is 0.0657. The summed E-state index contributed by atoms with van der Waals surface area (Å²) in [5, 5.41) is 10.7. The average molecular weight is 332 g/mol. The Morgan fingerprint density at radius 2 is 1.96 bits per heavy atom. The van der Waals surface area contributed by atoms with Gasteiger partial charge in [0.1, 0.15) is 12.2 Å². The van der Waals surface area contributed by atoms with E-state index in [1.54, 1.807) is 12.1 Å². The zero-order valence-corrected chi connectivity index (χ0v) is 14.3. The summed E-state index contributed by atoms with van der Waals surface area (Å²) < 4.78 is 10.7. The smallest absolute Gasteiger partial charge is 0.334 e. The van der Waals surface area contributed by atoms with Crippen LogP contribution in [0.2, 0.25) is 0 Å². The number of ether oxygens (including phenoxy) is 2. The Hall–Kier alpha value is -2.14. The number of aliphatic hydroxyl groups excluding tert-OH is 1. The lowest BCUT2D eigenvalue weighted by molar-refractivity contribution is -0.152. The van der Waals surface area contributed by atoms with Crippen LogP contribution < -0.4 is 0 Å². The second kappa shape index (κ2) is 7.62. The average Bonchev–Trinajstić information content (AvgIpc) is 2.81. The molecule has 24 heavy (non-hydrogen) atoms. The van der Waals surface area contributed by atoms with Crippen LogP contribution in [-0.2, 0) is 19.1 Å². The third-order valence-corrected chi connectivity index (χ3v) is 4.33. The Morgan fingerprint density at radius 3 is 2.50 bits per heavy atom. The van der Waals surface area contributed by atoms with E-state index in [2.05, 4.69) is 6.58 Å². The molecule has 1 saturated heterocycles. The van der Waals surface area contributed by atoms with Gasteiger partial charge >= 0.3 is 11.9 Å². The van der Waals surface area contributed by atoms with Crippen molar-refractivity contribution in [2.45, 2.75) is 45.5 Å². The standard InChI is InChI=1S/C19H24O5/c1-11(2)15(23-13(4)20)10-16-17(12(3)19(22)24-16)18(21)14-8-6-5-7-9-14/h5-9,11,15-18,21H,3,10H2,1-2,4H3/t15-,16-,17+,18+/m1/s1. The van der Waals surface area contributed by atoms with Gasteiger partial charge in [0.05, 0.1) is 12.0 Å². The molecule has 2 rings (SSSR count). The van der Waals surface area contributed by atoms with E-state index in [1.165, 1.54) is 6.92 Å². The zero-order valence-electron chi connectivity index (χ0n) is 14.3. The van der Waals surface area contributed by atoms with Crippen LogP contribution in [0.25, 0.3) is 0 Å². The number of rotatable bonds is 6. The van der Waals surface area contributed by atoms with Crippen LogP contribution in [-0.4, -0.2) is 29.3 Å². The van der Waals surface area contributed by atoms with Gasteiger partial charge in [-0.2, -0.15) is 0 Å². The molecule has 0 radical (unpaired) electrons. The Morgan fingerprint density at radius 1 is 1.33 bits per heavy atom. The SMILES string of the molecule is C=C1C(=O)O[C@H](C[C@@H](OC(C)=O)C(C)C)[C@H]1[C@@H](O)c1ccccc1. The normalized spacial score (nSPS) is 23.0. The van der Waals surface area contributed by atoms with Crippen LogP contribution in [0, 0.1) is 11.8 Å². The van der Waals surface area contributed by atoms with E-state index in [-0.39, 0.29) is 17.5 Å². The van der Waals surface area contributed by atoms with Crippen molar-refractivity contribution >= 4 is 11.9 Å². The van der Waals surface area contributed by atoms with E-state index in [1.807, 2.05) is 32.0 Å². The predicted octanol–water partition coefficient (Wildman–Crippen LogP) is 2.80. The topological polar surface area (TPSA) is 72.8 Å². The van der Waals surface area contributed by atoms with E-state index in [4.69, 9.17) is 9.47 Å². The molecular weight excluding hydrogens is 308 g/mol. The van der Waals surface area contributed by atoms with Crippen molar-refractivity contribution in [1.29, 1.82) is 0 Å². The second-order valence-corrected chi connectivity index (χ2v) is 6.48. The van der Waals surface area contributed by atoms with Gasteiger partial charge in [-0.05, 0) is 11.5 Å². The first kappa shape index (κ1) is 18.2. The van der Waals surface area contributed by atoms with Crippen molar-refractivity contribution in [1.82, 2.24) is 0 Å². The van der Waals surface area contributed by atoms with Crippen LogP contribution in [0.5, 0.6) is 0 Å². The Balaban J connectivity index is 2.22. The monoisotopic (exact) mass is 332 g/mol. The summed E-state index contributed by atoms with van der Waals surface area (Å²) >= 11 is 0. The molecule has 5 nitrogen and oxygen atoms in total. The van der Waals surface area contributed by atoms with Crippen LogP contribution in [0.4, 0.5) is 0 Å². The summed E-state index contributed by atoms with van der Waals surface area (Å²) in [5.41, 5.74) is 0.946. The first-order chi connectivity index (χ1) is 11.3. The van der Waals surface area contributed by atoms with Gasteiger partial charge in [-0.25, -0.2) is 4.79 Å². The van der Waals surface area contributed by atoms with Crippen molar-refractivity contribution in [2.75, 3.05) is 0 Å². The van der Waals surface area contributed by atoms with Crippen molar-refractivity contribution < 1.29 is 24.2 Å². The van der Waals surface area contributed by atoms with Gasteiger partial charge in [0.2, 0.25) is 0 Å². The minimum atomic E-state index is -0.903. The number of benzene rings is 1. The quantitative estimate of drug-likeness (QED) is 0.640. The number of carbonyl (C=O) groups is 2. The highest BCUT2D eigenvalue weighted by Gasteiger charge is 2.44. The molecule has 1 aromatic rings. The summed E-state index contributed by atoms with van der Waals surface area (Å²) in [5.74, 6) is -1.38. The molecule has 0 aliphatic carbocycles. The number of esters is 2. The van der Waals surface area contributed by atoms with Gasteiger partial charge in [-0.1, -0.05) is 50.8 Å². The van der Waals surface area contributed by atoms with E-state index >= 15 is 0 Å². The fraction of sp³-hybridized carbons (Fsp3) is 0.474. The maximum absolute atomic E-state index is 12.0. The summed E-state index contributed by atoms with van der Waals surface area (Å²) in [6.45, 7) is 9.00. The fourth-order valence-electron chi connectivity index (χ4n) is 2.99. The number of hydrogen-bond acceptors (Lipinski definition) is 5. The number of hydrogen-bond donors (Lipinski definition) is 1. The van der Waals surface area contributed by atoms with Crippen LogP contribution >= 0.6 is 0 Å². The first-order valence-electron chi connectivity index (χ1n) is 8.11. The van der Waals surface area contributed by atoms with E-state index in [0.717, 1.165) is 0 Å². The highest BCUT2D eigenvalue weighted by Crippen LogP contribution is 2.39.